The van der Waals surface area contributed by atoms with Crippen molar-refractivity contribution in [3.8, 4) is 5.69 Å². The molecule has 3 heterocycles. The summed E-state index contributed by atoms with van der Waals surface area (Å²) in [4.78, 5) is 27.4. The van der Waals surface area contributed by atoms with Gasteiger partial charge < -0.3 is 9.64 Å². The number of carbonyl (C=O) groups is 2. The van der Waals surface area contributed by atoms with Crippen LogP contribution in [-0.2, 0) is 19.4 Å². The first-order valence-corrected chi connectivity index (χ1v) is 12.5. The van der Waals surface area contributed by atoms with Crippen LogP contribution in [0.5, 0.6) is 0 Å². The van der Waals surface area contributed by atoms with Crippen LogP contribution in [0.2, 0.25) is 5.02 Å². The first-order chi connectivity index (χ1) is 14.6. The largest absolute Gasteiger partial charge is 0.451 e. The Morgan fingerprint density at radius 2 is 2.03 bits per heavy atom. The number of rotatable bonds is 5. The molecule has 1 saturated heterocycles. The van der Waals surface area contributed by atoms with Crippen molar-refractivity contribution >= 4 is 54.9 Å². The van der Waals surface area contributed by atoms with E-state index in [4.69, 9.17) is 16.3 Å². The first kappa shape index (κ1) is 21.8. The summed E-state index contributed by atoms with van der Waals surface area (Å²) in [6.45, 7) is 1.41. The summed E-state index contributed by atoms with van der Waals surface area (Å²) in [6.07, 6.45) is 0.398. The van der Waals surface area contributed by atoms with Gasteiger partial charge in [0.05, 0.1) is 22.9 Å². The molecule has 31 heavy (non-hydrogen) atoms. The second kappa shape index (κ2) is 8.25. The van der Waals surface area contributed by atoms with Crippen molar-refractivity contribution in [2.45, 2.75) is 19.4 Å². The van der Waals surface area contributed by atoms with Gasteiger partial charge in [0.15, 0.2) is 16.4 Å². The summed E-state index contributed by atoms with van der Waals surface area (Å²) in [6, 6.07) is 8.52. The van der Waals surface area contributed by atoms with Gasteiger partial charge in [-0.1, -0.05) is 11.6 Å². The highest BCUT2D eigenvalue weighted by Crippen LogP contribution is 2.31. The molecule has 11 heteroatoms. The number of ether oxygens (including phenoxy) is 1. The summed E-state index contributed by atoms with van der Waals surface area (Å²) >= 11 is 7.18. The number of carbonyl (C=O) groups excluding carboxylic acids is 2. The summed E-state index contributed by atoms with van der Waals surface area (Å²) in [5, 5.41) is 5.97. The maximum Gasteiger partial charge on any atom is 0.348 e. The zero-order valence-electron chi connectivity index (χ0n) is 16.9. The molecule has 0 N–H and O–H groups in total. The van der Waals surface area contributed by atoms with Crippen LogP contribution in [0.1, 0.15) is 21.8 Å². The van der Waals surface area contributed by atoms with E-state index in [-0.39, 0.29) is 17.5 Å². The van der Waals surface area contributed by atoms with Crippen molar-refractivity contribution in [1.29, 1.82) is 0 Å². The first-order valence-electron chi connectivity index (χ1n) is 9.53. The third-order valence-corrected chi connectivity index (χ3v) is 8.39. The van der Waals surface area contributed by atoms with Crippen LogP contribution < -0.4 is 0 Å². The number of fused-ring (bicyclic) bond motifs is 1. The number of nitrogens with zero attached hydrogens (tertiary/aromatic N) is 3. The predicted octanol–water partition coefficient (Wildman–Crippen LogP) is 2.85. The van der Waals surface area contributed by atoms with E-state index >= 15 is 0 Å². The van der Waals surface area contributed by atoms with Crippen LogP contribution in [-0.4, -0.2) is 66.2 Å². The molecule has 1 aromatic carbocycles. The lowest BCUT2D eigenvalue weighted by Gasteiger charge is -2.23. The average molecular weight is 482 g/mol. The van der Waals surface area contributed by atoms with E-state index in [0.29, 0.717) is 16.3 Å². The zero-order valence-corrected chi connectivity index (χ0v) is 19.3. The van der Waals surface area contributed by atoms with E-state index in [2.05, 4.69) is 5.10 Å². The molecule has 2 aromatic heterocycles. The lowest BCUT2D eigenvalue weighted by Crippen LogP contribution is -2.40. The standard InChI is InChI=1S/C20H20ClN3O5S2/c1-12-16-9-17(30-19(16)24(22-12)14-5-3-13(21)4-6-14)20(26)29-10-18(25)23(2)15-7-8-31(27,28)11-15/h3-6,9,15H,7-8,10-11H2,1-2H3. The second-order valence-corrected chi connectivity index (χ2v) is 11.1. The van der Waals surface area contributed by atoms with Crippen molar-refractivity contribution < 1.29 is 22.7 Å². The van der Waals surface area contributed by atoms with Gasteiger partial charge in [0.2, 0.25) is 0 Å². The lowest BCUT2D eigenvalue weighted by atomic mass is 10.2. The molecule has 1 aliphatic rings. The number of thiophene rings is 1. The van der Waals surface area contributed by atoms with Crippen LogP contribution in [0.4, 0.5) is 0 Å². The molecule has 8 nitrogen and oxygen atoms in total. The van der Waals surface area contributed by atoms with Crippen LogP contribution in [0, 0.1) is 6.92 Å². The fraction of sp³-hybridized carbons (Fsp3) is 0.350. The number of esters is 1. The van der Waals surface area contributed by atoms with Gasteiger partial charge in [-0.3, -0.25) is 4.79 Å². The molecule has 1 fully saturated rings. The molecule has 164 valence electrons. The number of aromatic nitrogens is 2. The van der Waals surface area contributed by atoms with Gasteiger partial charge in [-0.05, 0) is 43.7 Å². The number of halogens is 1. The lowest BCUT2D eigenvalue weighted by molar-refractivity contribution is -0.134. The molecule has 0 spiro atoms. The minimum atomic E-state index is -3.11. The summed E-state index contributed by atoms with van der Waals surface area (Å²) in [5.41, 5.74) is 1.58. The minimum Gasteiger partial charge on any atom is -0.451 e. The molecule has 1 aliphatic heterocycles. The van der Waals surface area contributed by atoms with Crippen LogP contribution in [0.15, 0.2) is 30.3 Å². The fourth-order valence-corrected chi connectivity index (χ4v) is 6.47. The van der Waals surface area contributed by atoms with Crippen LogP contribution >= 0.6 is 22.9 Å². The normalized spacial score (nSPS) is 17.7. The predicted molar refractivity (Wildman–Crippen MR) is 119 cm³/mol. The number of benzene rings is 1. The molecule has 1 unspecified atom stereocenters. The number of amides is 1. The molecule has 0 bridgehead atoms. The maximum absolute atomic E-state index is 12.5. The number of likely N-dealkylation sites (N-methyl/N-ethyl adjacent to an activating group) is 1. The van der Waals surface area contributed by atoms with Gasteiger partial charge in [-0.15, -0.1) is 11.3 Å². The van der Waals surface area contributed by atoms with Crippen LogP contribution in [0.3, 0.4) is 0 Å². The van der Waals surface area contributed by atoms with Gasteiger partial charge in [0.25, 0.3) is 5.91 Å². The topological polar surface area (TPSA) is 98.6 Å². The van der Waals surface area contributed by atoms with Crippen LogP contribution in [0.25, 0.3) is 15.9 Å². The highest BCUT2D eigenvalue weighted by Gasteiger charge is 2.33. The van der Waals surface area contributed by atoms with Gasteiger partial charge in [-0.25, -0.2) is 17.9 Å². The van der Waals surface area contributed by atoms with Gasteiger partial charge >= 0.3 is 5.97 Å². The van der Waals surface area contributed by atoms with Gasteiger partial charge in [0, 0.05) is 23.5 Å². The molecular weight excluding hydrogens is 462 g/mol. The molecule has 3 aromatic rings. The van der Waals surface area contributed by atoms with Gasteiger partial charge in [-0.2, -0.15) is 5.10 Å². The van der Waals surface area contributed by atoms with E-state index in [1.54, 1.807) is 22.9 Å². The SMILES string of the molecule is Cc1nn(-c2ccc(Cl)cc2)c2sc(C(=O)OCC(=O)N(C)C3CCS(=O)(=O)C3)cc12. The Hall–Kier alpha value is -2.43. The molecule has 0 radical (unpaired) electrons. The Morgan fingerprint density at radius 1 is 1.32 bits per heavy atom. The molecule has 1 atom stereocenters. The van der Waals surface area contributed by atoms with Gasteiger partial charge in [0.1, 0.15) is 9.71 Å². The van der Waals surface area contributed by atoms with Crippen molar-refractivity contribution in [1.82, 2.24) is 14.7 Å². The van der Waals surface area contributed by atoms with Crippen molar-refractivity contribution in [3.05, 3.63) is 45.9 Å². The van der Waals surface area contributed by atoms with Crippen molar-refractivity contribution in [2.75, 3.05) is 25.2 Å². The Balaban J connectivity index is 1.46. The number of hydrogen-bond acceptors (Lipinski definition) is 7. The Labute approximate surface area is 188 Å². The summed E-state index contributed by atoms with van der Waals surface area (Å²) < 4.78 is 30.2. The average Bonchev–Trinajstić information content (AvgIpc) is 3.40. The number of aryl methyl sites for hydroxylation is 1. The van der Waals surface area contributed by atoms with E-state index < -0.39 is 28.3 Å². The Bertz CT molecular complexity index is 1260. The number of hydrogen-bond donors (Lipinski definition) is 0. The summed E-state index contributed by atoms with van der Waals surface area (Å²) in [7, 11) is -1.57. The van der Waals surface area contributed by atoms with E-state index in [1.165, 1.54) is 23.3 Å². The second-order valence-electron chi connectivity index (χ2n) is 7.44. The monoisotopic (exact) mass is 481 g/mol. The van der Waals surface area contributed by atoms with E-state index in [9.17, 15) is 18.0 Å². The highest BCUT2D eigenvalue weighted by atomic mass is 35.5. The zero-order chi connectivity index (χ0) is 22.3. The molecule has 0 aliphatic carbocycles. The minimum absolute atomic E-state index is 0.0556. The summed E-state index contributed by atoms with van der Waals surface area (Å²) in [5.74, 6) is -1.02. The molecule has 4 rings (SSSR count). The molecular formula is C20H20ClN3O5S2. The number of sulfone groups is 1. The fourth-order valence-electron chi connectivity index (χ4n) is 3.49. The molecule has 0 saturated carbocycles. The Kier molecular flexibility index (Phi) is 5.80. The van der Waals surface area contributed by atoms with Crippen molar-refractivity contribution in [2.24, 2.45) is 0 Å². The maximum atomic E-state index is 12.5. The highest BCUT2D eigenvalue weighted by molar-refractivity contribution is 7.91. The third-order valence-electron chi connectivity index (χ3n) is 5.29. The quantitative estimate of drug-likeness (QED) is 0.520. The third kappa shape index (κ3) is 4.46. The Morgan fingerprint density at radius 3 is 2.68 bits per heavy atom. The van der Waals surface area contributed by atoms with E-state index in [0.717, 1.165) is 21.6 Å². The van der Waals surface area contributed by atoms with E-state index in [1.807, 2.05) is 19.1 Å². The smallest absolute Gasteiger partial charge is 0.348 e. The molecule has 1 amide bonds. The van der Waals surface area contributed by atoms with Crippen molar-refractivity contribution in [3.63, 3.8) is 0 Å².